The average Bonchev–Trinajstić information content (AvgIpc) is 3.14. The van der Waals surface area contributed by atoms with Crippen molar-refractivity contribution in [2.75, 3.05) is 38.8 Å². The van der Waals surface area contributed by atoms with E-state index in [9.17, 15) is 14.4 Å². The van der Waals surface area contributed by atoms with E-state index in [1.165, 1.54) is 4.90 Å². The lowest BCUT2D eigenvalue weighted by Gasteiger charge is -2.32. The van der Waals surface area contributed by atoms with Crippen LogP contribution in [0.2, 0.25) is 0 Å². The molecule has 2 aliphatic rings. The second-order valence-electron chi connectivity index (χ2n) is 10.4. The van der Waals surface area contributed by atoms with Crippen molar-refractivity contribution in [3.8, 4) is 11.5 Å². The van der Waals surface area contributed by atoms with Crippen molar-refractivity contribution in [3.05, 3.63) is 52.1 Å². The van der Waals surface area contributed by atoms with Crippen LogP contribution < -0.4 is 19.7 Å². The molecular weight excluding hydrogens is 472 g/mol. The number of hydrogen-bond donors (Lipinski definition) is 2. The molecule has 196 valence electrons. The summed E-state index contributed by atoms with van der Waals surface area (Å²) in [6.07, 6.45) is 0.143. The molecule has 0 aliphatic carbocycles. The topological polar surface area (TPSA) is 112 Å². The second kappa shape index (κ2) is 9.88. The average molecular weight is 507 g/mol. The summed E-state index contributed by atoms with van der Waals surface area (Å²) in [7, 11) is 3.26. The van der Waals surface area contributed by atoms with Crippen LogP contribution in [0.5, 0.6) is 11.5 Å². The molecule has 4 rings (SSSR count). The maximum Gasteiger partial charge on any atom is 0.264 e. The number of amides is 2. The molecule has 9 nitrogen and oxygen atoms in total. The van der Waals surface area contributed by atoms with Crippen molar-refractivity contribution in [2.45, 2.75) is 46.1 Å². The number of amidine groups is 1. The number of carbonyl (C=O) groups is 3. The third-order valence-electron chi connectivity index (χ3n) is 6.76. The van der Waals surface area contributed by atoms with E-state index in [0.29, 0.717) is 47.0 Å². The Hall–Kier alpha value is -3.88. The van der Waals surface area contributed by atoms with Crippen LogP contribution in [0.15, 0.2) is 24.3 Å². The lowest BCUT2D eigenvalue weighted by atomic mass is 9.84. The first-order valence-electron chi connectivity index (χ1n) is 12.4. The number of ketones is 1. The van der Waals surface area contributed by atoms with Gasteiger partial charge in [-0.1, -0.05) is 20.8 Å². The molecule has 0 bridgehead atoms. The SMILES string of the molecule is CCOc1cc2c(cc1CC(=O)NC)C(=N)N(CC(=O)c1cc3c(c(C(C)(C)C)c1)OCC(=O)N3C)C2. The molecular formula is C28H34N4O5. The molecule has 9 heteroatoms. The number of ether oxygens (including phenoxy) is 2. The van der Waals surface area contributed by atoms with Crippen molar-refractivity contribution < 1.29 is 23.9 Å². The molecule has 2 aliphatic heterocycles. The van der Waals surface area contributed by atoms with Crippen LogP contribution in [0, 0.1) is 5.41 Å². The fraction of sp³-hybridized carbons (Fsp3) is 0.429. The lowest BCUT2D eigenvalue weighted by Crippen LogP contribution is -2.37. The predicted molar refractivity (Wildman–Crippen MR) is 141 cm³/mol. The monoisotopic (exact) mass is 506 g/mol. The first-order chi connectivity index (χ1) is 17.4. The molecule has 0 atom stereocenters. The van der Waals surface area contributed by atoms with Gasteiger partial charge < -0.3 is 24.6 Å². The van der Waals surface area contributed by atoms with Gasteiger partial charge in [0.25, 0.3) is 5.91 Å². The summed E-state index contributed by atoms with van der Waals surface area (Å²) < 4.78 is 11.5. The Morgan fingerprint density at radius 3 is 2.57 bits per heavy atom. The van der Waals surface area contributed by atoms with E-state index in [1.807, 2.05) is 45.9 Å². The molecule has 2 heterocycles. The Balaban J connectivity index is 1.63. The van der Waals surface area contributed by atoms with Crippen molar-refractivity contribution >= 4 is 29.1 Å². The van der Waals surface area contributed by atoms with Gasteiger partial charge in [-0.05, 0) is 42.2 Å². The Morgan fingerprint density at radius 2 is 1.92 bits per heavy atom. The molecule has 2 aromatic carbocycles. The number of carbonyl (C=O) groups excluding carboxylic acids is 3. The summed E-state index contributed by atoms with van der Waals surface area (Å²) >= 11 is 0. The van der Waals surface area contributed by atoms with E-state index in [2.05, 4.69) is 5.32 Å². The minimum atomic E-state index is -0.310. The van der Waals surface area contributed by atoms with Crippen LogP contribution in [0.4, 0.5) is 5.69 Å². The normalized spacial score (nSPS) is 14.8. The highest BCUT2D eigenvalue weighted by Gasteiger charge is 2.32. The molecule has 2 aromatic rings. The third kappa shape index (κ3) is 5.03. The third-order valence-corrected chi connectivity index (χ3v) is 6.76. The van der Waals surface area contributed by atoms with Gasteiger partial charge in [-0.25, -0.2) is 0 Å². The number of anilines is 1. The van der Waals surface area contributed by atoms with E-state index >= 15 is 0 Å². The summed E-state index contributed by atoms with van der Waals surface area (Å²) in [6.45, 7) is 8.80. The smallest absolute Gasteiger partial charge is 0.264 e. The minimum absolute atomic E-state index is 0.00312. The highest BCUT2D eigenvalue weighted by Crippen LogP contribution is 2.42. The molecule has 2 N–H and O–H groups in total. The standard InChI is InChI=1S/C28H34N4O5/c1-7-36-23-11-18-13-32(27(29)19(18)8-17(23)12-24(34)30-5)14-22(33)16-9-20(28(2,3)4)26-21(10-16)31(6)25(35)15-37-26/h8-11,29H,7,12-15H2,1-6H3,(H,30,34). The predicted octanol–water partition coefficient (Wildman–Crippen LogP) is 3.05. The number of hydrogen-bond acceptors (Lipinski definition) is 6. The molecule has 2 amide bonds. The van der Waals surface area contributed by atoms with Crippen LogP contribution in [0.1, 0.15) is 60.3 Å². The van der Waals surface area contributed by atoms with Crippen molar-refractivity contribution in [3.63, 3.8) is 0 Å². The van der Waals surface area contributed by atoms with Gasteiger partial charge in [-0.15, -0.1) is 0 Å². The number of Topliss-reactive ketones (excluding diaryl/α,β-unsaturated/α-hetero) is 1. The largest absolute Gasteiger partial charge is 0.494 e. The summed E-state index contributed by atoms with van der Waals surface area (Å²) in [5.41, 5.74) is 3.86. The Morgan fingerprint density at radius 1 is 1.19 bits per heavy atom. The zero-order valence-corrected chi connectivity index (χ0v) is 22.3. The van der Waals surface area contributed by atoms with Crippen molar-refractivity contribution in [1.29, 1.82) is 5.41 Å². The molecule has 0 unspecified atom stereocenters. The Bertz CT molecular complexity index is 1290. The van der Waals surface area contributed by atoms with Crippen LogP contribution in [0.3, 0.4) is 0 Å². The van der Waals surface area contributed by atoms with Gasteiger partial charge in [0.15, 0.2) is 12.4 Å². The molecule has 0 fully saturated rings. The first kappa shape index (κ1) is 26.2. The highest BCUT2D eigenvalue weighted by atomic mass is 16.5. The molecule has 0 radical (unpaired) electrons. The van der Waals surface area contributed by atoms with E-state index in [4.69, 9.17) is 14.9 Å². The summed E-state index contributed by atoms with van der Waals surface area (Å²) in [5, 5.41) is 11.4. The Kier molecular flexibility index (Phi) is 6.99. The number of nitrogens with one attached hydrogen (secondary N) is 2. The fourth-order valence-corrected chi connectivity index (χ4v) is 4.66. The molecule has 0 saturated heterocycles. The minimum Gasteiger partial charge on any atom is -0.494 e. The van der Waals surface area contributed by atoms with Crippen LogP contribution in [0.25, 0.3) is 0 Å². The van der Waals surface area contributed by atoms with Crippen molar-refractivity contribution in [1.82, 2.24) is 10.2 Å². The lowest BCUT2D eigenvalue weighted by molar-refractivity contribution is -0.121. The van der Waals surface area contributed by atoms with E-state index < -0.39 is 0 Å². The zero-order chi connectivity index (χ0) is 27.1. The number of likely N-dealkylation sites (N-methyl/N-ethyl adjacent to an activating group) is 2. The molecule has 0 aromatic heterocycles. The first-order valence-corrected chi connectivity index (χ1v) is 12.4. The quantitative estimate of drug-likeness (QED) is 0.559. The second-order valence-corrected chi connectivity index (χ2v) is 10.4. The fourth-order valence-electron chi connectivity index (χ4n) is 4.66. The van der Waals surface area contributed by atoms with Crippen LogP contribution in [-0.4, -0.2) is 62.2 Å². The number of fused-ring (bicyclic) bond motifs is 2. The number of nitrogens with zero attached hydrogens (tertiary/aromatic N) is 2. The van der Waals surface area contributed by atoms with Crippen LogP contribution >= 0.6 is 0 Å². The van der Waals surface area contributed by atoms with Gasteiger partial charge in [-0.2, -0.15) is 0 Å². The Labute approximate surface area is 217 Å². The van der Waals surface area contributed by atoms with E-state index in [0.717, 1.165) is 11.1 Å². The summed E-state index contributed by atoms with van der Waals surface area (Å²) in [6, 6.07) is 7.22. The zero-order valence-electron chi connectivity index (χ0n) is 22.3. The van der Waals surface area contributed by atoms with Gasteiger partial charge in [0.1, 0.15) is 17.3 Å². The van der Waals surface area contributed by atoms with Gasteiger partial charge in [0.05, 0.1) is 25.3 Å². The van der Waals surface area contributed by atoms with Gasteiger partial charge in [-0.3, -0.25) is 19.8 Å². The van der Waals surface area contributed by atoms with Gasteiger partial charge in [0, 0.05) is 42.9 Å². The van der Waals surface area contributed by atoms with E-state index in [1.54, 1.807) is 25.1 Å². The molecule has 0 saturated carbocycles. The maximum atomic E-state index is 13.5. The maximum absolute atomic E-state index is 13.5. The van der Waals surface area contributed by atoms with Crippen molar-refractivity contribution in [2.24, 2.45) is 0 Å². The summed E-state index contributed by atoms with van der Waals surface area (Å²) in [5.74, 6) is 0.989. The molecule has 0 spiro atoms. The number of benzene rings is 2. The number of rotatable bonds is 7. The summed E-state index contributed by atoms with van der Waals surface area (Å²) in [4.78, 5) is 41.1. The highest BCUT2D eigenvalue weighted by molar-refractivity contribution is 6.07. The molecule has 37 heavy (non-hydrogen) atoms. The van der Waals surface area contributed by atoms with Gasteiger partial charge in [0.2, 0.25) is 5.91 Å². The van der Waals surface area contributed by atoms with E-state index in [-0.39, 0.29) is 48.4 Å². The van der Waals surface area contributed by atoms with Crippen LogP contribution in [-0.2, 0) is 28.0 Å². The van der Waals surface area contributed by atoms with Gasteiger partial charge >= 0.3 is 0 Å².